The predicted octanol–water partition coefficient (Wildman–Crippen LogP) is 3.10. The van der Waals surface area contributed by atoms with Gasteiger partial charge in [-0.2, -0.15) is 0 Å². The van der Waals surface area contributed by atoms with Crippen LogP contribution in [0.15, 0.2) is 24.3 Å². The van der Waals surface area contributed by atoms with Gasteiger partial charge in [0.2, 0.25) is 0 Å². The molecule has 4 heteroatoms. The number of nitrogens with zero attached hydrogens (tertiary/aromatic N) is 1. The minimum atomic E-state index is 0.308. The molecule has 0 radical (unpaired) electrons. The molecule has 2 unspecified atom stereocenters. The van der Waals surface area contributed by atoms with Crippen molar-refractivity contribution in [1.29, 1.82) is 0 Å². The van der Waals surface area contributed by atoms with Crippen LogP contribution >= 0.6 is 11.6 Å². The Morgan fingerprint density at radius 1 is 1.45 bits per heavy atom. The molecule has 2 rings (SSSR count). The molecular formula is C16H25ClN2O. The van der Waals surface area contributed by atoms with E-state index in [-0.39, 0.29) is 0 Å². The first-order chi connectivity index (χ1) is 9.70. The molecule has 1 aliphatic rings. The smallest absolute Gasteiger partial charge is 0.0673 e. The number of benzene rings is 1. The van der Waals surface area contributed by atoms with Crippen LogP contribution in [0.5, 0.6) is 0 Å². The Morgan fingerprint density at radius 3 is 3.00 bits per heavy atom. The maximum atomic E-state index is 6.29. The molecule has 20 heavy (non-hydrogen) atoms. The van der Waals surface area contributed by atoms with Crippen LogP contribution in [0.2, 0.25) is 5.02 Å². The summed E-state index contributed by atoms with van der Waals surface area (Å²) in [6.07, 6.45) is 2.53. The van der Waals surface area contributed by atoms with Gasteiger partial charge in [-0.05, 0) is 38.4 Å². The van der Waals surface area contributed by atoms with Crippen LogP contribution in [0.3, 0.4) is 0 Å². The van der Waals surface area contributed by atoms with Gasteiger partial charge in [-0.25, -0.2) is 0 Å². The zero-order valence-electron chi connectivity index (χ0n) is 12.4. The number of nitrogens with one attached hydrogen (secondary N) is 1. The highest BCUT2D eigenvalue weighted by molar-refractivity contribution is 6.31. The Bertz CT molecular complexity index is 413. The Kier molecular flexibility index (Phi) is 6.30. The average molecular weight is 297 g/mol. The molecule has 1 fully saturated rings. The summed E-state index contributed by atoms with van der Waals surface area (Å²) in [5, 5.41) is 4.23. The zero-order chi connectivity index (χ0) is 14.4. The minimum Gasteiger partial charge on any atom is -0.377 e. The van der Waals surface area contributed by atoms with Gasteiger partial charge in [0.25, 0.3) is 0 Å². The lowest BCUT2D eigenvalue weighted by molar-refractivity contribution is 0.0672. The number of hydrogen-bond donors (Lipinski definition) is 1. The molecule has 0 amide bonds. The topological polar surface area (TPSA) is 24.5 Å². The molecule has 1 aromatic carbocycles. The molecule has 0 aliphatic carbocycles. The quantitative estimate of drug-likeness (QED) is 0.903. The maximum Gasteiger partial charge on any atom is 0.0673 e. The molecule has 1 aliphatic heterocycles. The van der Waals surface area contributed by atoms with Crippen molar-refractivity contribution in [3.63, 3.8) is 0 Å². The van der Waals surface area contributed by atoms with Crippen molar-refractivity contribution < 1.29 is 4.74 Å². The van der Waals surface area contributed by atoms with Crippen LogP contribution in [0.25, 0.3) is 0 Å². The maximum absolute atomic E-state index is 6.29. The molecule has 0 saturated carbocycles. The van der Waals surface area contributed by atoms with E-state index in [0.29, 0.717) is 12.1 Å². The van der Waals surface area contributed by atoms with Crippen LogP contribution in [0.4, 0.5) is 0 Å². The van der Waals surface area contributed by atoms with E-state index >= 15 is 0 Å². The Balaban J connectivity index is 1.92. The lowest BCUT2D eigenvalue weighted by Crippen LogP contribution is -2.33. The molecule has 0 spiro atoms. The third-order valence-corrected chi connectivity index (χ3v) is 4.24. The zero-order valence-corrected chi connectivity index (χ0v) is 13.2. The second-order valence-corrected chi connectivity index (χ2v) is 5.89. The van der Waals surface area contributed by atoms with Crippen molar-refractivity contribution in [2.24, 2.45) is 0 Å². The van der Waals surface area contributed by atoms with E-state index < -0.39 is 0 Å². The van der Waals surface area contributed by atoms with Gasteiger partial charge < -0.3 is 15.0 Å². The highest BCUT2D eigenvalue weighted by Gasteiger charge is 2.18. The number of rotatable bonds is 5. The van der Waals surface area contributed by atoms with Crippen LogP contribution < -0.4 is 5.32 Å². The van der Waals surface area contributed by atoms with E-state index in [0.717, 1.165) is 44.1 Å². The van der Waals surface area contributed by atoms with Crippen molar-refractivity contribution in [2.45, 2.75) is 31.9 Å². The van der Waals surface area contributed by atoms with Gasteiger partial charge in [0.15, 0.2) is 0 Å². The number of ether oxygens (including phenoxy) is 1. The molecule has 1 saturated heterocycles. The molecule has 112 valence electrons. The summed E-state index contributed by atoms with van der Waals surface area (Å²) in [4.78, 5) is 2.50. The van der Waals surface area contributed by atoms with Gasteiger partial charge in [0.1, 0.15) is 0 Å². The van der Waals surface area contributed by atoms with E-state index in [9.17, 15) is 0 Å². The van der Waals surface area contributed by atoms with E-state index in [1.54, 1.807) is 0 Å². The average Bonchev–Trinajstić information content (AvgIpc) is 2.65. The van der Waals surface area contributed by atoms with Gasteiger partial charge >= 0.3 is 0 Å². The first-order valence-electron chi connectivity index (χ1n) is 7.46. The molecule has 2 atom stereocenters. The minimum absolute atomic E-state index is 0.308. The molecule has 1 aromatic rings. The molecule has 3 nitrogen and oxygen atoms in total. The number of halogens is 1. The summed E-state index contributed by atoms with van der Waals surface area (Å²) < 4.78 is 5.69. The van der Waals surface area contributed by atoms with Gasteiger partial charge in [0.05, 0.1) is 6.10 Å². The Hall–Kier alpha value is -0.610. The second kappa shape index (κ2) is 7.99. The largest absolute Gasteiger partial charge is 0.377 e. The fourth-order valence-electron chi connectivity index (χ4n) is 2.81. The third kappa shape index (κ3) is 4.45. The highest BCUT2D eigenvalue weighted by atomic mass is 35.5. The fourth-order valence-corrected chi connectivity index (χ4v) is 3.08. The van der Waals surface area contributed by atoms with Crippen molar-refractivity contribution in [2.75, 3.05) is 33.3 Å². The molecular weight excluding hydrogens is 272 g/mol. The summed E-state index contributed by atoms with van der Waals surface area (Å²) in [5.41, 5.74) is 1.19. The van der Waals surface area contributed by atoms with Gasteiger partial charge in [-0.1, -0.05) is 29.8 Å². The SMILES string of the molecule is CNC(CCN1CCCOC(C)C1)c1ccccc1Cl. The third-order valence-electron chi connectivity index (χ3n) is 3.90. The summed E-state index contributed by atoms with van der Waals surface area (Å²) >= 11 is 6.29. The summed E-state index contributed by atoms with van der Waals surface area (Å²) in [7, 11) is 2.00. The van der Waals surface area contributed by atoms with E-state index in [2.05, 4.69) is 23.2 Å². The van der Waals surface area contributed by atoms with Gasteiger partial charge in [-0.15, -0.1) is 0 Å². The second-order valence-electron chi connectivity index (χ2n) is 5.49. The molecule has 1 heterocycles. The van der Waals surface area contributed by atoms with Crippen molar-refractivity contribution in [1.82, 2.24) is 10.2 Å². The molecule has 0 bridgehead atoms. The summed E-state index contributed by atoms with van der Waals surface area (Å²) in [6.45, 7) is 6.27. The van der Waals surface area contributed by atoms with Crippen molar-refractivity contribution >= 4 is 11.6 Å². The lowest BCUT2D eigenvalue weighted by Gasteiger charge is -2.25. The first-order valence-corrected chi connectivity index (χ1v) is 7.84. The molecule has 0 aromatic heterocycles. The predicted molar refractivity (Wildman–Crippen MR) is 84.3 cm³/mol. The normalized spacial score (nSPS) is 22.4. The summed E-state index contributed by atoms with van der Waals surface area (Å²) in [5.74, 6) is 0. The summed E-state index contributed by atoms with van der Waals surface area (Å²) in [6, 6.07) is 8.41. The van der Waals surface area contributed by atoms with Crippen molar-refractivity contribution in [3.8, 4) is 0 Å². The van der Waals surface area contributed by atoms with Crippen LogP contribution in [0.1, 0.15) is 31.4 Å². The molecule has 1 N–H and O–H groups in total. The van der Waals surface area contributed by atoms with Crippen LogP contribution in [-0.2, 0) is 4.74 Å². The van der Waals surface area contributed by atoms with Crippen LogP contribution in [-0.4, -0.2) is 44.3 Å². The van der Waals surface area contributed by atoms with Gasteiger partial charge in [-0.3, -0.25) is 0 Å². The van der Waals surface area contributed by atoms with Crippen LogP contribution in [0, 0.1) is 0 Å². The Labute approximate surface area is 127 Å². The van der Waals surface area contributed by atoms with E-state index in [4.69, 9.17) is 16.3 Å². The highest BCUT2D eigenvalue weighted by Crippen LogP contribution is 2.25. The monoisotopic (exact) mass is 296 g/mol. The lowest BCUT2D eigenvalue weighted by atomic mass is 10.0. The Morgan fingerprint density at radius 2 is 2.25 bits per heavy atom. The van der Waals surface area contributed by atoms with E-state index in [1.807, 2.05) is 25.2 Å². The fraction of sp³-hybridized carbons (Fsp3) is 0.625. The van der Waals surface area contributed by atoms with Gasteiger partial charge in [0, 0.05) is 37.3 Å². The first kappa shape index (κ1) is 15.8. The van der Waals surface area contributed by atoms with E-state index in [1.165, 1.54) is 5.56 Å². The van der Waals surface area contributed by atoms with Crippen molar-refractivity contribution in [3.05, 3.63) is 34.9 Å². The standard InChI is InChI=1S/C16H25ClN2O/c1-13-12-19(9-5-11-20-13)10-8-16(18-2)14-6-3-4-7-15(14)17/h3-4,6-7,13,16,18H,5,8-12H2,1-2H3. The number of hydrogen-bond acceptors (Lipinski definition) is 3.